The molecule has 1 N–H and O–H groups in total. The maximum absolute atomic E-state index is 12.0. The first-order chi connectivity index (χ1) is 9.13. The zero-order valence-corrected chi connectivity index (χ0v) is 10.5. The van der Waals surface area contributed by atoms with Crippen molar-refractivity contribution in [2.75, 3.05) is 4.90 Å². The second-order valence-corrected chi connectivity index (χ2v) is 4.58. The average molecular weight is 255 g/mol. The highest BCUT2D eigenvalue weighted by Gasteiger charge is 2.26. The molecule has 1 heterocycles. The Morgan fingerprint density at radius 2 is 1.89 bits per heavy atom. The fourth-order valence-electron chi connectivity index (χ4n) is 2.07. The molecule has 3 rings (SSSR count). The fraction of sp³-hybridized carbons (Fsp3) is 0.133. The number of hydrogen-bond donors (Lipinski definition) is 1. The van der Waals surface area contributed by atoms with Crippen LogP contribution in [0.25, 0.3) is 0 Å². The van der Waals surface area contributed by atoms with Crippen molar-refractivity contribution in [3.05, 3.63) is 53.6 Å². The van der Waals surface area contributed by atoms with Crippen LogP contribution in [0.15, 0.2) is 42.5 Å². The minimum Gasteiger partial charge on any atom is -0.508 e. The van der Waals surface area contributed by atoms with E-state index in [1.807, 2.05) is 31.2 Å². The third-order valence-electron chi connectivity index (χ3n) is 3.14. The Morgan fingerprint density at radius 3 is 2.63 bits per heavy atom. The van der Waals surface area contributed by atoms with Crippen LogP contribution in [0.5, 0.6) is 11.5 Å². The molecular weight excluding hydrogens is 242 g/mol. The van der Waals surface area contributed by atoms with Gasteiger partial charge in [0.25, 0.3) is 0 Å². The van der Waals surface area contributed by atoms with E-state index in [4.69, 9.17) is 4.74 Å². The summed E-state index contributed by atoms with van der Waals surface area (Å²) in [5.74, 6) is 0.517. The summed E-state index contributed by atoms with van der Waals surface area (Å²) in [5.41, 5.74) is 2.81. The van der Waals surface area contributed by atoms with Gasteiger partial charge >= 0.3 is 6.09 Å². The number of aromatic hydroxyl groups is 1. The number of carbonyl (C=O) groups is 1. The van der Waals surface area contributed by atoms with E-state index in [1.54, 1.807) is 17.0 Å². The summed E-state index contributed by atoms with van der Waals surface area (Å²) in [5, 5.41) is 9.38. The number of nitrogens with zero attached hydrogens (tertiary/aromatic N) is 1. The lowest BCUT2D eigenvalue weighted by Crippen LogP contribution is -2.36. The molecule has 1 amide bonds. The van der Waals surface area contributed by atoms with Gasteiger partial charge in [-0.25, -0.2) is 4.79 Å². The minimum absolute atomic E-state index is 0.0929. The van der Waals surface area contributed by atoms with E-state index in [9.17, 15) is 9.90 Å². The number of ether oxygens (including phenoxy) is 1. The van der Waals surface area contributed by atoms with Gasteiger partial charge in [0.05, 0.1) is 6.54 Å². The number of benzene rings is 2. The van der Waals surface area contributed by atoms with Crippen molar-refractivity contribution >= 4 is 11.8 Å². The zero-order valence-electron chi connectivity index (χ0n) is 10.5. The number of fused-ring (bicyclic) bond motifs is 1. The number of phenolic OH excluding ortho intramolecular Hbond substituents is 1. The molecule has 2 aromatic rings. The van der Waals surface area contributed by atoms with E-state index in [2.05, 4.69) is 0 Å². The Kier molecular flexibility index (Phi) is 2.63. The molecule has 19 heavy (non-hydrogen) atoms. The lowest BCUT2D eigenvalue weighted by Gasteiger charge is -2.28. The molecule has 0 unspecified atom stereocenters. The van der Waals surface area contributed by atoms with Gasteiger partial charge in [0, 0.05) is 17.3 Å². The Morgan fingerprint density at radius 1 is 1.16 bits per heavy atom. The number of anilines is 1. The van der Waals surface area contributed by atoms with Crippen molar-refractivity contribution in [3.63, 3.8) is 0 Å². The number of phenols is 1. The molecule has 4 heteroatoms. The van der Waals surface area contributed by atoms with Crippen molar-refractivity contribution in [1.29, 1.82) is 0 Å². The predicted octanol–water partition coefficient (Wildman–Crippen LogP) is 3.22. The maximum Gasteiger partial charge on any atom is 0.420 e. The summed E-state index contributed by atoms with van der Waals surface area (Å²) in [7, 11) is 0. The lowest BCUT2D eigenvalue weighted by molar-refractivity contribution is 0.202. The van der Waals surface area contributed by atoms with Crippen LogP contribution in [0, 0.1) is 6.92 Å². The van der Waals surface area contributed by atoms with E-state index < -0.39 is 6.09 Å². The molecule has 0 bridgehead atoms. The van der Waals surface area contributed by atoms with Crippen LogP contribution in [0.1, 0.15) is 11.1 Å². The van der Waals surface area contributed by atoms with Gasteiger partial charge in [-0.05, 0) is 31.2 Å². The van der Waals surface area contributed by atoms with Crippen molar-refractivity contribution in [2.45, 2.75) is 13.5 Å². The van der Waals surface area contributed by atoms with Crippen molar-refractivity contribution in [2.24, 2.45) is 0 Å². The highest BCUT2D eigenvalue weighted by molar-refractivity contribution is 5.91. The molecule has 96 valence electrons. The third kappa shape index (κ3) is 2.12. The van der Waals surface area contributed by atoms with Crippen LogP contribution in [-0.4, -0.2) is 11.2 Å². The Bertz CT molecular complexity index is 634. The van der Waals surface area contributed by atoms with Crippen molar-refractivity contribution in [1.82, 2.24) is 0 Å². The quantitative estimate of drug-likeness (QED) is 0.851. The van der Waals surface area contributed by atoms with Gasteiger partial charge in [0.1, 0.15) is 11.5 Å². The zero-order chi connectivity index (χ0) is 13.4. The number of carbonyl (C=O) groups excluding carboxylic acids is 1. The molecule has 0 spiro atoms. The van der Waals surface area contributed by atoms with Crippen LogP contribution >= 0.6 is 0 Å². The SMILES string of the molecule is Cc1ccc(N2Cc3ccc(O)cc3OC2=O)cc1. The van der Waals surface area contributed by atoms with E-state index in [0.717, 1.165) is 16.8 Å². The van der Waals surface area contributed by atoms with Gasteiger partial charge in [0.2, 0.25) is 0 Å². The van der Waals surface area contributed by atoms with Crippen LogP contribution in [-0.2, 0) is 6.54 Å². The molecule has 0 radical (unpaired) electrons. The summed E-state index contributed by atoms with van der Waals surface area (Å²) in [4.78, 5) is 13.5. The molecule has 1 aliphatic rings. The fourth-order valence-corrected chi connectivity index (χ4v) is 2.07. The summed E-state index contributed by atoms with van der Waals surface area (Å²) in [6.45, 7) is 2.44. The number of aryl methyl sites for hydroxylation is 1. The second-order valence-electron chi connectivity index (χ2n) is 4.58. The number of rotatable bonds is 1. The van der Waals surface area contributed by atoms with Gasteiger partial charge in [-0.3, -0.25) is 4.90 Å². The van der Waals surface area contributed by atoms with Crippen LogP contribution < -0.4 is 9.64 Å². The lowest BCUT2D eigenvalue weighted by atomic mass is 10.1. The van der Waals surface area contributed by atoms with Gasteiger partial charge in [-0.1, -0.05) is 17.7 Å². The smallest absolute Gasteiger partial charge is 0.420 e. The monoisotopic (exact) mass is 255 g/mol. The molecular formula is C15H13NO3. The third-order valence-corrected chi connectivity index (χ3v) is 3.14. The molecule has 0 aromatic heterocycles. The van der Waals surface area contributed by atoms with E-state index in [1.165, 1.54) is 6.07 Å². The van der Waals surface area contributed by atoms with Gasteiger partial charge in [-0.2, -0.15) is 0 Å². The Labute approximate surface area is 110 Å². The number of amides is 1. The molecule has 0 fully saturated rings. The first kappa shape index (κ1) is 11.6. The van der Waals surface area contributed by atoms with Gasteiger partial charge in [0.15, 0.2) is 0 Å². The van der Waals surface area contributed by atoms with Crippen molar-refractivity contribution in [3.8, 4) is 11.5 Å². The average Bonchev–Trinajstić information content (AvgIpc) is 2.39. The first-order valence-electron chi connectivity index (χ1n) is 6.01. The molecule has 0 saturated heterocycles. The van der Waals surface area contributed by atoms with E-state index >= 15 is 0 Å². The Hall–Kier alpha value is -2.49. The van der Waals surface area contributed by atoms with Crippen LogP contribution in [0.2, 0.25) is 0 Å². The molecule has 0 atom stereocenters. The minimum atomic E-state index is -0.429. The van der Waals surface area contributed by atoms with Gasteiger partial charge < -0.3 is 9.84 Å². The van der Waals surface area contributed by atoms with E-state index in [-0.39, 0.29) is 5.75 Å². The molecule has 1 aliphatic heterocycles. The maximum atomic E-state index is 12.0. The molecule has 2 aromatic carbocycles. The first-order valence-corrected chi connectivity index (χ1v) is 6.01. The molecule has 0 aliphatic carbocycles. The number of hydrogen-bond acceptors (Lipinski definition) is 3. The highest BCUT2D eigenvalue weighted by atomic mass is 16.6. The topological polar surface area (TPSA) is 49.8 Å². The summed E-state index contributed by atoms with van der Waals surface area (Å²) < 4.78 is 5.24. The highest BCUT2D eigenvalue weighted by Crippen LogP contribution is 2.31. The predicted molar refractivity (Wildman–Crippen MR) is 71.5 cm³/mol. The molecule has 4 nitrogen and oxygen atoms in total. The summed E-state index contributed by atoms with van der Waals surface area (Å²) >= 11 is 0. The Balaban J connectivity index is 1.95. The van der Waals surface area contributed by atoms with Crippen LogP contribution in [0.3, 0.4) is 0 Å². The van der Waals surface area contributed by atoms with Crippen LogP contribution in [0.4, 0.5) is 10.5 Å². The van der Waals surface area contributed by atoms with E-state index in [0.29, 0.717) is 12.3 Å². The summed E-state index contributed by atoms with van der Waals surface area (Å²) in [6, 6.07) is 12.5. The molecule has 0 saturated carbocycles. The standard InChI is InChI=1S/C15H13NO3/c1-10-2-5-12(6-3-10)16-9-11-4-7-13(17)8-14(11)19-15(16)18/h2-8,17H,9H2,1H3. The summed E-state index contributed by atoms with van der Waals surface area (Å²) in [6.07, 6.45) is -0.429. The van der Waals surface area contributed by atoms with Crippen molar-refractivity contribution < 1.29 is 14.6 Å². The second kappa shape index (κ2) is 4.31. The largest absolute Gasteiger partial charge is 0.508 e. The van der Waals surface area contributed by atoms with Gasteiger partial charge in [-0.15, -0.1) is 0 Å². The normalized spacial score (nSPS) is 13.9.